The third kappa shape index (κ3) is 4.50. The van der Waals surface area contributed by atoms with Gasteiger partial charge in [0.2, 0.25) is 0 Å². The number of methoxy groups -OCH3 is 1. The van der Waals surface area contributed by atoms with Crippen LogP contribution in [0.4, 0.5) is 0 Å². The molecule has 1 aromatic carbocycles. The normalized spacial score (nSPS) is 19.7. The van der Waals surface area contributed by atoms with Crippen LogP contribution >= 0.6 is 0 Å². The minimum Gasteiger partial charge on any atom is -0.477 e. The van der Waals surface area contributed by atoms with Crippen molar-refractivity contribution in [2.45, 2.75) is 51.7 Å². The molecule has 1 aliphatic rings. The largest absolute Gasteiger partial charge is 0.477 e. The van der Waals surface area contributed by atoms with Crippen LogP contribution in [-0.4, -0.2) is 35.1 Å². The molecule has 0 atom stereocenters. The van der Waals surface area contributed by atoms with E-state index < -0.39 is 0 Å². The molecule has 1 aromatic heterocycles. The van der Waals surface area contributed by atoms with Gasteiger partial charge in [-0.1, -0.05) is 17.2 Å². The maximum atomic E-state index is 12.5. The average molecular weight is 355 g/mol. The van der Waals surface area contributed by atoms with Crippen LogP contribution in [0.3, 0.4) is 0 Å². The Morgan fingerprint density at radius 3 is 2.23 bits per heavy atom. The number of carbonyl (C=O) groups excluding carboxylic acids is 1. The van der Waals surface area contributed by atoms with E-state index in [9.17, 15) is 4.79 Å². The summed E-state index contributed by atoms with van der Waals surface area (Å²) in [5, 5.41) is 3.15. The summed E-state index contributed by atoms with van der Waals surface area (Å²) in [7, 11) is 1.55. The lowest BCUT2D eigenvalue weighted by Gasteiger charge is -2.29. The van der Waals surface area contributed by atoms with Crippen LogP contribution in [0.1, 0.15) is 47.2 Å². The summed E-state index contributed by atoms with van der Waals surface area (Å²) in [5.41, 5.74) is 2.93. The van der Waals surface area contributed by atoms with Crippen molar-refractivity contribution in [1.82, 2.24) is 15.3 Å². The second-order valence-electron chi connectivity index (χ2n) is 6.81. The molecule has 1 heterocycles. The molecule has 1 N–H and O–H groups in total. The first-order valence-electron chi connectivity index (χ1n) is 8.96. The molecule has 26 heavy (non-hydrogen) atoms. The lowest BCUT2D eigenvalue weighted by molar-refractivity contribution is 0.0886. The van der Waals surface area contributed by atoms with E-state index in [2.05, 4.69) is 21.4 Å². The number of rotatable bonds is 5. The Kier molecular flexibility index (Phi) is 5.71. The van der Waals surface area contributed by atoms with Gasteiger partial charge in [-0.15, -0.1) is 0 Å². The van der Waals surface area contributed by atoms with Crippen LogP contribution in [0.25, 0.3) is 0 Å². The number of aromatic nitrogens is 2. The van der Waals surface area contributed by atoms with Gasteiger partial charge in [-0.2, -0.15) is 0 Å². The van der Waals surface area contributed by atoms with Crippen molar-refractivity contribution in [3.63, 3.8) is 0 Å². The van der Waals surface area contributed by atoms with E-state index in [0.29, 0.717) is 11.8 Å². The molecule has 0 spiro atoms. The molecule has 1 saturated carbocycles. The number of carbonyl (C=O) groups is 1. The molecule has 0 unspecified atom stereocenters. The highest BCUT2D eigenvalue weighted by Gasteiger charge is 2.25. The number of nitrogens with zero attached hydrogens (tertiary/aromatic N) is 2. The van der Waals surface area contributed by atoms with E-state index in [0.717, 1.165) is 42.4 Å². The second kappa shape index (κ2) is 8.17. The molecule has 6 heteroatoms. The number of ether oxygens (including phenoxy) is 2. The highest BCUT2D eigenvalue weighted by atomic mass is 16.5. The Morgan fingerprint density at radius 1 is 1.00 bits per heavy atom. The lowest BCUT2D eigenvalue weighted by atomic mass is 9.92. The molecule has 3 rings (SSSR count). The Morgan fingerprint density at radius 2 is 1.62 bits per heavy atom. The van der Waals surface area contributed by atoms with E-state index in [1.807, 2.05) is 26.0 Å². The van der Waals surface area contributed by atoms with Crippen LogP contribution in [-0.2, 0) is 0 Å². The zero-order valence-corrected chi connectivity index (χ0v) is 15.5. The van der Waals surface area contributed by atoms with Gasteiger partial charge in [0.15, 0.2) is 0 Å². The fraction of sp³-hybridized carbons (Fsp3) is 0.450. The van der Waals surface area contributed by atoms with Gasteiger partial charge in [0.25, 0.3) is 17.7 Å². The van der Waals surface area contributed by atoms with Crippen molar-refractivity contribution >= 4 is 5.91 Å². The van der Waals surface area contributed by atoms with E-state index >= 15 is 0 Å². The SMILES string of the molecule is COc1nccnc1OC1CCC(NC(=O)c2cc(C)cc(C)c2)CC1. The first-order chi connectivity index (χ1) is 12.5. The number of benzene rings is 1. The predicted octanol–water partition coefficient (Wildman–Crippen LogP) is 3.22. The van der Waals surface area contributed by atoms with Gasteiger partial charge in [-0.3, -0.25) is 4.79 Å². The maximum absolute atomic E-state index is 12.5. The average Bonchev–Trinajstić information content (AvgIpc) is 2.63. The molecule has 0 saturated heterocycles. The first-order valence-corrected chi connectivity index (χ1v) is 8.96. The van der Waals surface area contributed by atoms with Crippen LogP contribution < -0.4 is 14.8 Å². The molecule has 0 radical (unpaired) electrons. The van der Waals surface area contributed by atoms with Crippen LogP contribution in [0.15, 0.2) is 30.6 Å². The van der Waals surface area contributed by atoms with E-state index in [1.54, 1.807) is 19.5 Å². The van der Waals surface area contributed by atoms with E-state index in [1.165, 1.54) is 0 Å². The van der Waals surface area contributed by atoms with Crippen molar-refractivity contribution in [3.8, 4) is 11.8 Å². The highest BCUT2D eigenvalue weighted by molar-refractivity contribution is 5.94. The molecule has 1 amide bonds. The summed E-state index contributed by atoms with van der Waals surface area (Å²) in [4.78, 5) is 20.8. The predicted molar refractivity (Wildman–Crippen MR) is 98.6 cm³/mol. The number of amides is 1. The van der Waals surface area contributed by atoms with Gasteiger partial charge in [-0.25, -0.2) is 9.97 Å². The number of hydrogen-bond acceptors (Lipinski definition) is 5. The quantitative estimate of drug-likeness (QED) is 0.891. The lowest BCUT2D eigenvalue weighted by Crippen LogP contribution is -2.39. The Hall–Kier alpha value is -2.63. The Bertz CT molecular complexity index is 750. The topological polar surface area (TPSA) is 73.3 Å². The third-order valence-electron chi connectivity index (χ3n) is 4.60. The summed E-state index contributed by atoms with van der Waals surface area (Å²) in [5.74, 6) is 0.826. The zero-order valence-electron chi connectivity index (χ0n) is 15.5. The summed E-state index contributed by atoms with van der Waals surface area (Å²) < 4.78 is 11.1. The second-order valence-corrected chi connectivity index (χ2v) is 6.81. The Labute approximate surface area is 154 Å². The highest BCUT2D eigenvalue weighted by Crippen LogP contribution is 2.27. The number of nitrogens with one attached hydrogen (secondary N) is 1. The summed E-state index contributed by atoms with van der Waals surface area (Å²) in [6.07, 6.45) is 6.70. The summed E-state index contributed by atoms with van der Waals surface area (Å²) >= 11 is 0. The molecule has 0 bridgehead atoms. The monoisotopic (exact) mass is 355 g/mol. The Balaban J connectivity index is 1.53. The molecular formula is C20H25N3O3. The minimum absolute atomic E-state index is 0.00300. The molecule has 2 aromatic rings. The van der Waals surface area contributed by atoms with Crippen molar-refractivity contribution in [2.24, 2.45) is 0 Å². The van der Waals surface area contributed by atoms with Gasteiger partial charge < -0.3 is 14.8 Å². The third-order valence-corrected chi connectivity index (χ3v) is 4.60. The molecule has 6 nitrogen and oxygen atoms in total. The number of aryl methyl sites for hydroxylation is 2. The van der Waals surface area contributed by atoms with Crippen LogP contribution in [0, 0.1) is 13.8 Å². The van der Waals surface area contributed by atoms with Crippen molar-refractivity contribution in [1.29, 1.82) is 0 Å². The van der Waals surface area contributed by atoms with Crippen molar-refractivity contribution in [2.75, 3.05) is 7.11 Å². The standard InChI is InChI=1S/C20H25N3O3/c1-13-10-14(2)12-15(11-13)18(24)23-16-4-6-17(7-5-16)26-20-19(25-3)21-8-9-22-20/h8-12,16-17H,4-7H2,1-3H3,(H,23,24). The van der Waals surface area contributed by atoms with Crippen molar-refractivity contribution < 1.29 is 14.3 Å². The van der Waals surface area contributed by atoms with Gasteiger partial charge in [-0.05, 0) is 51.7 Å². The fourth-order valence-electron chi connectivity index (χ4n) is 3.39. The summed E-state index contributed by atoms with van der Waals surface area (Å²) in [6.45, 7) is 4.01. The van der Waals surface area contributed by atoms with Crippen molar-refractivity contribution in [3.05, 3.63) is 47.3 Å². The molecule has 138 valence electrons. The smallest absolute Gasteiger partial charge is 0.278 e. The van der Waals surface area contributed by atoms with Gasteiger partial charge in [0.05, 0.1) is 7.11 Å². The first kappa shape index (κ1) is 18.2. The fourth-order valence-corrected chi connectivity index (χ4v) is 3.39. The van der Waals surface area contributed by atoms with Gasteiger partial charge in [0.1, 0.15) is 6.10 Å². The van der Waals surface area contributed by atoms with Crippen LogP contribution in [0.2, 0.25) is 0 Å². The minimum atomic E-state index is -0.00300. The maximum Gasteiger partial charge on any atom is 0.278 e. The van der Waals surface area contributed by atoms with E-state index in [-0.39, 0.29) is 18.1 Å². The zero-order chi connectivity index (χ0) is 18.5. The van der Waals surface area contributed by atoms with Gasteiger partial charge in [0, 0.05) is 24.0 Å². The van der Waals surface area contributed by atoms with Crippen LogP contribution in [0.5, 0.6) is 11.8 Å². The molecule has 1 fully saturated rings. The molecular weight excluding hydrogens is 330 g/mol. The van der Waals surface area contributed by atoms with E-state index in [4.69, 9.17) is 9.47 Å². The molecule has 1 aliphatic carbocycles. The van der Waals surface area contributed by atoms with Gasteiger partial charge >= 0.3 is 0 Å². The molecule has 0 aliphatic heterocycles. The number of hydrogen-bond donors (Lipinski definition) is 1. The summed E-state index contributed by atoms with van der Waals surface area (Å²) in [6, 6.07) is 6.10.